The van der Waals surface area contributed by atoms with E-state index in [1.807, 2.05) is 71.6 Å². The molecule has 1 aliphatic rings. The molecule has 0 fully saturated rings. The molecule has 0 saturated heterocycles. The van der Waals surface area contributed by atoms with Crippen LogP contribution in [0.25, 0.3) is 65.7 Å². The zero-order chi connectivity index (χ0) is 45.0. The first-order valence-electron chi connectivity index (χ1n) is 23.3. The quantitative estimate of drug-likeness (QED) is 0.168. The van der Waals surface area contributed by atoms with Crippen molar-refractivity contribution < 1.29 is 14.0 Å². The summed E-state index contributed by atoms with van der Waals surface area (Å²) >= 11 is 0. The van der Waals surface area contributed by atoms with Gasteiger partial charge in [0.2, 0.25) is 0 Å². The second-order valence-electron chi connectivity index (χ2n) is 15.1. The van der Waals surface area contributed by atoms with E-state index < -0.39 is 35.6 Å². The molecule has 11 aromatic rings. The monoisotopic (exact) mass is 758 g/mol. The van der Waals surface area contributed by atoms with Gasteiger partial charge in [-0.15, -0.1) is 0 Å². The van der Waals surface area contributed by atoms with E-state index in [-0.39, 0.29) is 28.5 Å². The Labute approximate surface area is 352 Å². The summed E-state index contributed by atoms with van der Waals surface area (Å²) in [4.78, 5) is 1.83. The van der Waals surface area contributed by atoms with Crippen LogP contribution < -0.4 is 4.90 Å². The van der Waals surface area contributed by atoms with Crippen molar-refractivity contribution in [3.05, 3.63) is 247 Å². The van der Waals surface area contributed by atoms with Crippen molar-refractivity contribution in [1.82, 2.24) is 0 Å². The summed E-state index contributed by atoms with van der Waals surface area (Å²) in [6, 6.07) is 58.9. The summed E-state index contributed by atoms with van der Waals surface area (Å²) in [5.74, 6) is 0. The summed E-state index contributed by atoms with van der Waals surface area (Å²) in [6.07, 6.45) is 0. The van der Waals surface area contributed by atoms with Gasteiger partial charge in [0.15, 0.2) is 0 Å². The molecule has 1 heterocycles. The molecular formula is C57H37NO. The average molecular weight is 759 g/mol. The van der Waals surface area contributed by atoms with E-state index in [9.17, 15) is 2.74 Å². The smallest absolute Gasteiger partial charge is 0.143 e. The van der Waals surface area contributed by atoms with Crippen molar-refractivity contribution in [3.63, 3.8) is 0 Å². The van der Waals surface area contributed by atoms with Gasteiger partial charge >= 0.3 is 0 Å². The van der Waals surface area contributed by atoms with E-state index in [0.717, 1.165) is 77.2 Å². The highest BCUT2D eigenvalue weighted by Crippen LogP contribution is 2.57. The van der Waals surface area contributed by atoms with Crippen molar-refractivity contribution in [1.29, 1.82) is 0 Å². The number of hydrogen-bond donors (Lipinski definition) is 0. The zero-order valence-electron chi connectivity index (χ0n) is 38.7. The second-order valence-corrected chi connectivity index (χ2v) is 15.1. The van der Waals surface area contributed by atoms with Gasteiger partial charge in [0, 0.05) is 32.9 Å². The molecule has 0 spiro atoms. The first-order valence-corrected chi connectivity index (χ1v) is 19.8. The van der Waals surface area contributed by atoms with Gasteiger partial charge < -0.3 is 9.32 Å². The van der Waals surface area contributed by atoms with E-state index in [1.165, 1.54) is 0 Å². The number of anilines is 3. The first-order chi connectivity index (χ1) is 32.2. The average Bonchev–Trinajstić information content (AvgIpc) is 3.90. The molecule has 10 aromatic carbocycles. The van der Waals surface area contributed by atoms with Crippen LogP contribution in [0, 0.1) is 0 Å². The standard InChI is InChI=1S/C57H37NO/c1-3-18-41(19-4-1)57(42-20-5-2-6-21-42)51-26-12-11-24-48(51)49-36-34-44(37-52(49)57)58(53-27-13-17-38-15-7-9-22-45(38)53)43-32-29-40(30-33-43)46-25-14-28-54-55(46)50-35-31-39-16-8-10-23-47(39)56(50)59-54/h1-37H/i7D,9D,13D,15D,17D,22D,27D. The van der Waals surface area contributed by atoms with Crippen LogP contribution in [0.4, 0.5) is 17.1 Å². The summed E-state index contributed by atoms with van der Waals surface area (Å²) in [7, 11) is 0. The fourth-order valence-corrected chi connectivity index (χ4v) is 9.53. The van der Waals surface area contributed by atoms with E-state index in [4.69, 9.17) is 11.3 Å². The fourth-order valence-electron chi connectivity index (χ4n) is 9.53. The van der Waals surface area contributed by atoms with Crippen LogP contribution in [0.15, 0.2) is 229 Å². The van der Waals surface area contributed by atoms with E-state index >= 15 is 0 Å². The van der Waals surface area contributed by atoms with E-state index in [0.29, 0.717) is 11.4 Å². The molecule has 0 aliphatic heterocycles. The third kappa shape index (κ3) is 5.00. The fraction of sp³-hybridized carbons (Fsp3) is 0.0175. The van der Waals surface area contributed by atoms with Crippen LogP contribution in [0.5, 0.6) is 0 Å². The molecule has 1 aromatic heterocycles. The van der Waals surface area contributed by atoms with Gasteiger partial charge in [-0.2, -0.15) is 0 Å². The van der Waals surface area contributed by atoms with Crippen molar-refractivity contribution in [2.45, 2.75) is 5.41 Å². The highest BCUT2D eigenvalue weighted by Gasteiger charge is 2.46. The molecule has 0 amide bonds. The van der Waals surface area contributed by atoms with E-state index in [2.05, 4.69) is 115 Å². The first kappa shape index (κ1) is 27.0. The lowest BCUT2D eigenvalue weighted by atomic mass is 9.67. The zero-order valence-corrected chi connectivity index (χ0v) is 31.7. The Kier molecular flexibility index (Phi) is 6.05. The van der Waals surface area contributed by atoms with Gasteiger partial charge in [0.05, 0.1) is 20.7 Å². The molecule has 276 valence electrons. The Morgan fingerprint density at radius 3 is 1.95 bits per heavy atom. The molecule has 0 saturated carbocycles. The van der Waals surface area contributed by atoms with E-state index in [1.54, 1.807) is 0 Å². The van der Waals surface area contributed by atoms with Crippen LogP contribution in [0.3, 0.4) is 0 Å². The van der Waals surface area contributed by atoms with Crippen molar-refractivity contribution in [2.24, 2.45) is 0 Å². The molecule has 2 heteroatoms. The lowest BCUT2D eigenvalue weighted by molar-refractivity contribution is 0.673. The van der Waals surface area contributed by atoms with Gasteiger partial charge in [-0.05, 0) is 97.7 Å². The number of rotatable bonds is 6. The number of hydrogen-bond acceptors (Lipinski definition) is 2. The Hall–Kier alpha value is -7.68. The number of furan rings is 1. The summed E-state index contributed by atoms with van der Waals surface area (Å²) in [5, 5.41) is 4.01. The Balaban J connectivity index is 1.14. The van der Waals surface area contributed by atoms with Crippen molar-refractivity contribution in [3.8, 4) is 22.3 Å². The minimum Gasteiger partial charge on any atom is -0.455 e. The van der Waals surface area contributed by atoms with Crippen LogP contribution in [-0.4, -0.2) is 0 Å². The molecule has 0 unspecified atom stereocenters. The van der Waals surface area contributed by atoms with Crippen LogP contribution in [0.2, 0.25) is 0 Å². The molecule has 0 atom stereocenters. The highest BCUT2D eigenvalue weighted by molar-refractivity contribution is 6.19. The van der Waals surface area contributed by atoms with Crippen LogP contribution in [0.1, 0.15) is 31.8 Å². The lowest BCUT2D eigenvalue weighted by Crippen LogP contribution is -2.28. The highest BCUT2D eigenvalue weighted by atomic mass is 16.3. The number of nitrogens with zero attached hydrogens (tertiary/aromatic N) is 1. The summed E-state index contributed by atoms with van der Waals surface area (Å²) < 4.78 is 70.0. The molecule has 0 radical (unpaired) electrons. The van der Waals surface area contributed by atoms with Gasteiger partial charge in [-0.1, -0.05) is 182 Å². The minimum absolute atomic E-state index is 0.000829. The van der Waals surface area contributed by atoms with Gasteiger partial charge in [0.1, 0.15) is 11.2 Å². The van der Waals surface area contributed by atoms with Crippen LogP contribution in [-0.2, 0) is 5.41 Å². The lowest BCUT2D eigenvalue weighted by Gasteiger charge is -2.35. The topological polar surface area (TPSA) is 16.4 Å². The molecular weight excluding hydrogens is 715 g/mol. The summed E-state index contributed by atoms with van der Waals surface area (Å²) in [6.45, 7) is 0. The van der Waals surface area contributed by atoms with Gasteiger partial charge in [-0.25, -0.2) is 0 Å². The van der Waals surface area contributed by atoms with Gasteiger partial charge in [-0.3, -0.25) is 0 Å². The third-order valence-electron chi connectivity index (χ3n) is 12.0. The minimum atomic E-state index is -0.766. The Bertz CT molecular complexity index is 3750. The predicted molar refractivity (Wildman–Crippen MR) is 246 cm³/mol. The van der Waals surface area contributed by atoms with Crippen molar-refractivity contribution in [2.75, 3.05) is 4.90 Å². The largest absolute Gasteiger partial charge is 0.455 e. The molecule has 2 nitrogen and oxygen atoms in total. The maximum Gasteiger partial charge on any atom is 0.143 e. The SMILES string of the molecule is [2H]c1c([2H])c([2H])c2c(N(c3ccc(-c4cccc5oc6c7ccccc7ccc6c45)cc3)c3ccc4c(c3)C(c3ccccc3)(c3ccccc3)c3ccccc3-4)c([2H])c([2H])c([2H])c2c1[2H]. The normalized spacial score (nSPS) is 14.5. The number of fused-ring (bicyclic) bond motifs is 9. The van der Waals surface area contributed by atoms with Crippen LogP contribution >= 0.6 is 0 Å². The second kappa shape index (κ2) is 13.2. The van der Waals surface area contributed by atoms with Crippen molar-refractivity contribution >= 4 is 60.5 Å². The third-order valence-corrected chi connectivity index (χ3v) is 12.0. The molecule has 59 heavy (non-hydrogen) atoms. The maximum absolute atomic E-state index is 9.62. The molecule has 12 rings (SSSR count). The Morgan fingerprint density at radius 1 is 0.441 bits per heavy atom. The predicted octanol–water partition coefficient (Wildman–Crippen LogP) is 15.4. The number of benzene rings is 10. The summed E-state index contributed by atoms with van der Waals surface area (Å²) in [5.41, 5.74) is 10.4. The maximum atomic E-state index is 9.62. The molecule has 0 N–H and O–H groups in total. The van der Waals surface area contributed by atoms with Gasteiger partial charge in [0.25, 0.3) is 0 Å². The molecule has 0 bridgehead atoms. The Morgan fingerprint density at radius 2 is 1.12 bits per heavy atom. The molecule has 1 aliphatic carbocycles.